The van der Waals surface area contributed by atoms with Crippen LogP contribution in [0.25, 0.3) is 21.9 Å². The predicted molar refractivity (Wildman–Crippen MR) is 202 cm³/mol. The first-order valence-corrected chi connectivity index (χ1v) is 16.4. The molecule has 1 aromatic heterocycles. The summed E-state index contributed by atoms with van der Waals surface area (Å²) >= 11 is 0. The lowest BCUT2D eigenvalue weighted by Crippen LogP contribution is -2.19. The number of anilines is 6. The van der Waals surface area contributed by atoms with E-state index in [2.05, 4.69) is 194 Å². The van der Waals surface area contributed by atoms with Crippen LogP contribution in [0.15, 0.2) is 186 Å². The summed E-state index contributed by atoms with van der Waals surface area (Å²) in [4.78, 5) is 4.61. The van der Waals surface area contributed by atoms with Crippen molar-refractivity contribution in [1.29, 1.82) is 0 Å². The molecule has 0 atom stereocenters. The average Bonchev–Trinajstić information content (AvgIpc) is 3.52. The third-order valence-corrected chi connectivity index (χ3v) is 9.36. The number of rotatable bonds is 8. The molecule has 0 fully saturated rings. The molecule has 0 aliphatic rings. The highest BCUT2D eigenvalue weighted by molar-refractivity contribution is 6.06. The third-order valence-electron chi connectivity index (χ3n) is 9.36. The van der Waals surface area contributed by atoms with Gasteiger partial charge in [0, 0.05) is 50.3 Å². The van der Waals surface area contributed by atoms with Gasteiger partial charge in [0.2, 0.25) is 0 Å². The molecular formula is C45H36N2O. The van der Waals surface area contributed by atoms with Gasteiger partial charge in [-0.2, -0.15) is 0 Å². The number of furan rings is 1. The molecule has 0 unspecified atom stereocenters. The number of hydrogen-bond acceptors (Lipinski definition) is 3. The topological polar surface area (TPSA) is 19.6 Å². The summed E-state index contributed by atoms with van der Waals surface area (Å²) in [6.07, 6.45) is 0. The fraction of sp³-hybridized carbons (Fsp3) is 0.0667. The van der Waals surface area contributed by atoms with E-state index in [0.717, 1.165) is 56.1 Å². The van der Waals surface area contributed by atoms with Crippen LogP contribution in [0.3, 0.4) is 0 Å². The Morgan fingerprint density at radius 3 is 1.23 bits per heavy atom. The van der Waals surface area contributed by atoms with Gasteiger partial charge in [0.25, 0.3) is 0 Å². The SMILES string of the molecule is CC(C)(c1ccc(N(c2ccccc2)c2ccccc2)cc1)c1ccc(N(c2ccccc2)c2ccc3oc4ccccc4c3c2)cc1. The van der Waals surface area contributed by atoms with Crippen molar-refractivity contribution in [2.45, 2.75) is 19.3 Å². The second-order valence-corrected chi connectivity index (χ2v) is 12.7. The Hall–Kier alpha value is -6.06. The van der Waals surface area contributed by atoms with Gasteiger partial charge in [0.1, 0.15) is 11.2 Å². The zero-order chi connectivity index (χ0) is 32.5. The first kappa shape index (κ1) is 29.3. The van der Waals surface area contributed by atoms with Crippen molar-refractivity contribution in [3.8, 4) is 0 Å². The van der Waals surface area contributed by atoms with E-state index in [0.29, 0.717) is 0 Å². The smallest absolute Gasteiger partial charge is 0.135 e. The maximum Gasteiger partial charge on any atom is 0.135 e. The van der Waals surface area contributed by atoms with Crippen LogP contribution in [0.1, 0.15) is 25.0 Å². The number of fused-ring (bicyclic) bond motifs is 3. The molecule has 0 aliphatic heterocycles. The summed E-state index contributed by atoms with van der Waals surface area (Å²) < 4.78 is 6.14. The zero-order valence-corrected chi connectivity index (χ0v) is 27.1. The van der Waals surface area contributed by atoms with E-state index in [1.807, 2.05) is 12.1 Å². The molecule has 0 saturated carbocycles. The molecule has 0 amide bonds. The van der Waals surface area contributed by atoms with Crippen LogP contribution >= 0.6 is 0 Å². The van der Waals surface area contributed by atoms with Gasteiger partial charge >= 0.3 is 0 Å². The van der Waals surface area contributed by atoms with Crippen LogP contribution in [0.5, 0.6) is 0 Å². The Kier molecular flexibility index (Phi) is 7.51. The molecule has 0 saturated heterocycles. The summed E-state index contributed by atoms with van der Waals surface area (Å²) in [5, 5.41) is 2.24. The molecular weight excluding hydrogens is 585 g/mol. The highest BCUT2D eigenvalue weighted by Crippen LogP contribution is 2.41. The van der Waals surface area contributed by atoms with Gasteiger partial charge in [0.05, 0.1) is 0 Å². The molecule has 48 heavy (non-hydrogen) atoms. The fourth-order valence-electron chi connectivity index (χ4n) is 6.70. The van der Waals surface area contributed by atoms with E-state index in [9.17, 15) is 0 Å². The van der Waals surface area contributed by atoms with Crippen LogP contribution in [0.4, 0.5) is 34.1 Å². The first-order valence-electron chi connectivity index (χ1n) is 16.4. The summed E-state index contributed by atoms with van der Waals surface area (Å²) in [5.41, 5.74) is 10.8. The summed E-state index contributed by atoms with van der Waals surface area (Å²) in [7, 11) is 0. The molecule has 8 rings (SSSR count). The molecule has 0 aliphatic carbocycles. The quantitative estimate of drug-likeness (QED) is 0.168. The minimum Gasteiger partial charge on any atom is -0.456 e. The van der Waals surface area contributed by atoms with Crippen molar-refractivity contribution in [3.05, 3.63) is 193 Å². The highest BCUT2D eigenvalue weighted by atomic mass is 16.3. The van der Waals surface area contributed by atoms with E-state index in [4.69, 9.17) is 4.42 Å². The van der Waals surface area contributed by atoms with Crippen molar-refractivity contribution >= 4 is 56.1 Å². The second-order valence-electron chi connectivity index (χ2n) is 12.7. The van der Waals surface area contributed by atoms with Crippen molar-refractivity contribution in [3.63, 3.8) is 0 Å². The van der Waals surface area contributed by atoms with Crippen LogP contribution in [-0.2, 0) is 5.41 Å². The van der Waals surface area contributed by atoms with Gasteiger partial charge in [-0.15, -0.1) is 0 Å². The minimum absolute atomic E-state index is 0.201. The van der Waals surface area contributed by atoms with E-state index < -0.39 is 0 Å². The Bertz CT molecular complexity index is 2250. The van der Waals surface area contributed by atoms with Crippen LogP contribution in [0.2, 0.25) is 0 Å². The fourth-order valence-corrected chi connectivity index (χ4v) is 6.70. The number of nitrogens with zero attached hydrogens (tertiary/aromatic N) is 2. The molecule has 0 bridgehead atoms. The predicted octanol–water partition coefficient (Wildman–Crippen LogP) is 12.9. The maximum absolute atomic E-state index is 6.14. The van der Waals surface area contributed by atoms with Crippen molar-refractivity contribution < 1.29 is 4.42 Å². The summed E-state index contributed by atoms with van der Waals surface area (Å²) in [5.74, 6) is 0. The van der Waals surface area contributed by atoms with Gasteiger partial charge < -0.3 is 14.2 Å². The monoisotopic (exact) mass is 620 g/mol. The molecule has 232 valence electrons. The van der Waals surface area contributed by atoms with Crippen molar-refractivity contribution in [2.75, 3.05) is 9.80 Å². The standard InChI is InChI=1S/C45H36N2O/c1-45(2,33-22-26-38(27-23-33)46(35-14-6-3-7-15-35)36-16-8-4-9-17-36)34-24-28-39(29-25-34)47(37-18-10-5-11-19-37)40-30-31-44-42(32-40)41-20-12-13-21-43(41)48-44/h3-32H,1-2H3. The zero-order valence-electron chi connectivity index (χ0n) is 27.1. The lowest BCUT2D eigenvalue weighted by molar-refractivity contribution is 0.641. The average molecular weight is 621 g/mol. The molecule has 0 radical (unpaired) electrons. The Morgan fingerprint density at radius 1 is 0.354 bits per heavy atom. The van der Waals surface area contributed by atoms with E-state index in [-0.39, 0.29) is 5.41 Å². The van der Waals surface area contributed by atoms with Crippen molar-refractivity contribution in [1.82, 2.24) is 0 Å². The minimum atomic E-state index is -0.201. The van der Waals surface area contributed by atoms with E-state index >= 15 is 0 Å². The van der Waals surface area contributed by atoms with Gasteiger partial charge in [-0.3, -0.25) is 0 Å². The normalized spacial score (nSPS) is 11.5. The third kappa shape index (κ3) is 5.40. The number of benzene rings is 7. The summed E-state index contributed by atoms with van der Waals surface area (Å²) in [6, 6.07) is 64.3. The van der Waals surface area contributed by atoms with Gasteiger partial charge in [-0.25, -0.2) is 0 Å². The molecule has 7 aromatic carbocycles. The lowest BCUT2D eigenvalue weighted by Gasteiger charge is -2.30. The van der Waals surface area contributed by atoms with E-state index in [1.54, 1.807) is 0 Å². The molecule has 0 N–H and O–H groups in total. The second kappa shape index (κ2) is 12.3. The van der Waals surface area contributed by atoms with E-state index in [1.165, 1.54) is 11.1 Å². The Morgan fingerprint density at radius 2 is 0.729 bits per heavy atom. The molecule has 3 heteroatoms. The molecule has 1 heterocycles. The summed E-state index contributed by atoms with van der Waals surface area (Å²) in [6.45, 7) is 4.60. The van der Waals surface area contributed by atoms with Gasteiger partial charge in [0.15, 0.2) is 0 Å². The van der Waals surface area contributed by atoms with Crippen LogP contribution in [0, 0.1) is 0 Å². The number of para-hydroxylation sites is 4. The Labute approximate surface area is 281 Å². The lowest BCUT2D eigenvalue weighted by atomic mass is 9.78. The maximum atomic E-state index is 6.14. The van der Waals surface area contributed by atoms with Crippen LogP contribution in [-0.4, -0.2) is 0 Å². The van der Waals surface area contributed by atoms with Crippen LogP contribution < -0.4 is 9.80 Å². The van der Waals surface area contributed by atoms with Gasteiger partial charge in [-0.1, -0.05) is 111 Å². The molecule has 0 spiro atoms. The molecule has 8 aromatic rings. The molecule has 3 nitrogen and oxygen atoms in total. The van der Waals surface area contributed by atoms with Gasteiger partial charge in [-0.05, 0) is 96.1 Å². The largest absolute Gasteiger partial charge is 0.456 e. The van der Waals surface area contributed by atoms with Crippen molar-refractivity contribution in [2.24, 2.45) is 0 Å². The first-order chi connectivity index (χ1) is 23.6. The number of hydrogen-bond donors (Lipinski definition) is 0. The Balaban J connectivity index is 1.13. The highest BCUT2D eigenvalue weighted by Gasteiger charge is 2.25.